The van der Waals surface area contributed by atoms with Gasteiger partial charge in [-0.05, 0) is 18.4 Å². The van der Waals surface area contributed by atoms with Crippen molar-refractivity contribution in [2.75, 3.05) is 0 Å². The highest BCUT2D eigenvalue weighted by Gasteiger charge is 2.40. The molecule has 3 nitrogen and oxygen atoms in total. The molecule has 1 aromatic rings. The minimum absolute atomic E-state index is 0. The van der Waals surface area contributed by atoms with Crippen molar-refractivity contribution in [3.8, 4) is 0 Å². The Bertz CT molecular complexity index is 361. The minimum Gasteiger partial charge on any atom is -0.480 e. The van der Waals surface area contributed by atoms with Gasteiger partial charge >= 0.3 is 5.97 Å². The van der Waals surface area contributed by atoms with E-state index in [2.05, 4.69) is 5.32 Å². The van der Waals surface area contributed by atoms with Crippen molar-refractivity contribution >= 4 is 18.4 Å². The summed E-state index contributed by atoms with van der Waals surface area (Å²) in [6.07, 6.45) is 3.51. The van der Waals surface area contributed by atoms with Gasteiger partial charge in [0.05, 0.1) is 0 Å². The molecule has 94 valence electrons. The van der Waals surface area contributed by atoms with Crippen molar-refractivity contribution in [1.82, 2.24) is 5.32 Å². The number of benzene rings is 1. The summed E-state index contributed by atoms with van der Waals surface area (Å²) in [5.41, 5.74) is 0.450. The average Bonchev–Trinajstić information content (AvgIpc) is 2.78. The van der Waals surface area contributed by atoms with E-state index in [-0.39, 0.29) is 12.4 Å². The smallest absolute Gasteiger partial charge is 0.323 e. The Labute approximate surface area is 108 Å². The number of aliphatic carboxylic acids is 1. The highest BCUT2D eigenvalue weighted by Crippen LogP contribution is 2.30. The fourth-order valence-electron chi connectivity index (χ4n) is 2.31. The summed E-state index contributed by atoms with van der Waals surface area (Å²) in [6.45, 7) is 0.632. The summed E-state index contributed by atoms with van der Waals surface area (Å²) in [5.74, 6) is -0.707. The Balaban J connectivity index is 0.00000144. The van der Waals surface area contributed by atoms with Gasteiger partial charge in [-0.25, -0.2) is 0 Å². The number of carboxylic acid groups (broad SMARTS) is 1. The van der Waals surface area contributed by atoms with Crippen LogP contribution in [0.5, 0.6) is 0 Å². The zero-order valence-corrected chi connectivity index (χ0v) is 10.5. The predicted molar refractivity (Wildman–Crippen MR) is 69.4 cm³/mol. The number of hydrogen-bond donors (Lipinski definition) is 2. The Hall–Kier alpha value is -1.06. The van der Waals surface area contributed by atoms with E-state index in [0.29, 0.717) is 6.54 Å². The van der Waals surface area contributed by atoms with Gasteiger partial charge in [0.25, 0.3) is 0 Å². The van der Waals surface area contributed by atoms with E-state index in [1.54, 1.807) is 0 Å². The Morgan fingerprint density at radius 3 is 2.35 bits per heavy atom. The number of nitrogens with one attached hydrogen (secondary N) is 1. The molecular formula is C13H18ClNO2. The maximum absolute atomic E-state index is 11.3. The summed E-state index contributed by atoms with van der Waals surface area (Å²) >= 11 is 0. The van der Waals surface area contributed by atoms with E-state index in [0.717, 1.165) is 31.2 Å². The van der Waals surface area contributed by atoms with Gasteiger partial charge in [-0.1, -0.05) is 43.2 Å². The molecule has 2 rings (SSSR count). The van der Waals surface area contributed by atoms with Crippen LogP contribution in [0.2, 0.25) is 0 Å². The molecular weight excluding hydrogens is 238 g/mol. The second-order valence-corrected chi connectivity index (χ2v) is 4.43. The van der Waals surface area contributed by atoms with Crippen LogP contribution in [0.4, 0.5) is 0 Å². The first-order chi connectivity index (χ1) is 7.73. The summed E-state index contributed by atoms with van der Waals surface area (Å²) in [6, 6.07) is 9.93. The monoisotopic (exact) mass is 255 g/mol. The van der Waals surface area contributed by atoms with E-state index in [9.17, 15) is 9.90 Å². The lowest BCUT2D eigenvalue weighted by molar-refractivity contribution is -0.144. The lowest BCUT2D eigenvalue weighted by Crippen LogP contribution is -2.49. The highest BCUT2D eigenvalue weighted by molar-refractivity contribution is 5.85. The van der Waals surface area contributed by atoms with Crippen molar-refractivity contribution in [3.63, 3.8) is 0 Å². The highest BCUT2D eigenvalue weighted by atomic mass is 35.5. The van der Waals surface area contributed by atoms with Gasteiger partial charge in [-0.3, -0.25) is 10.1 Å². The van der Waals surface area contributed by atoms with Crippen LogP contribution in [0.1, 0.15) is 31.2 Å². The van der Waals surface area contributed by atoms with Gasteiger partial charge in [0, 0.05) is 6.54 Å². The first-order valence-corrected chi connectivity index (χ1v) is 5.75. The molecule has 1 saturated carbocycles. The number of hydrogen-bond acceptors (Lipinski definition) is 2. The Morgan fingerprint density at radius 1 is 1.24 bits per heavy atom. The molecule has 0 amide bonds. The Kier molecular flexibility index (Phi) is 4.97. The van der Waals surface area contributed by atoms with E-state index < -0.39 is 11.5 Å². The van der Waals surface area contributed by atoms with Crippen molar-refractivity contribution in [1.29, 1.82) is 0 Å². The van der Waals surface area contributed by atoms with E-state index >= 15 is 0 Å². The largest absolute Gasteiger partial charge is 0.480 e. The van der Waals surface area contributed by atoms with Crippen molar-refractivity contribution in [2.24, 2.45) is 0 Å². The topological polar surface area (TPSA) is 49.3 Å². The number of carbonyl (C=O) groups is 1. The van der Waals surface area contributed by atoms with Gasteiger partial charge in [0.15, 0.2) is 0 Å². The molecule has 1 aliphatic carbocycles. The SMILES string of the molecule is Cl.O=C(O)C1(NCc2ccccc2)CCCC1. The third-order valence-electron chi connectivity index (χ3n) is 3.34. The van der Waals surface area contributed by atoms with Crippen molar-refractivity contribution < 1.29 is 9.90 Å². The molecule has 0 unspecified atom stereocenters. The molecule has 0 heterocycles. The predicted octanol–water partition coefficient (Wildman–Crippen LogP) is 2.60. The van der Waals surface area contributed by atoms with Crippen LogP contribution in [-0.2, 0) is 11.3 Å². The minimum atomic E-state index is -0.707. The van der Waals surface area contributed by atoms with Crippen LogP contribution in [-0.4, -0.2) is 16.6 Å². The second-order valence-electron chi connectivity index (χ2n) is 4.43. The van der Waals surface area contributed by atoms with Gasteiger partial charge < -0.3 is 5.11 Å². The quantitative estimate of drug-likeness (QED) is 0.870. The Morgan fingerprint density at radius 2 is 1.82 bits per heavy atom. The molecule has 0 saturated heterocycles. The molecule has 4 heteroatoms. The van der Waals surface area contributed by atoms with E-state index in [4.69, 9.17) is 0 Å². The maximum Gasteiger partial charge on any atom is 0.323 e. The molecule has 1 aromatic carbocycles. The molecule has 2 N–H and O–H groups in total. The van der Waals surface area contributed by atoms with Crippen LogP contribution >= 0.6 is 12.4 Å². The molecule has 0 spiro atoms. The van der Waals surface area contributed by atoms with Gasteiger partial charge in [0.2, 0.25) is 0 Å². The lowest BCUT2D eigenvalue weighted by atomic mass is 9.97. The molecule has 0 bridgehead atoms. The fraction of sp³-hybridized carbons (Fsp3) is 0.462. The zero-order valence-electron chi connectivity index (χ0n) is 9.69. The number of carboxylic acids is 1. The third-order valence-corrected chi connectivity index (χ3v) is 3.34. The summed E-state index contributed by atoms with van der Waals surface area (Å²) in [4.78, 5) is 11.3. The molecule has 0 radical (unpaired) electrons. The van der Waals surface area contributed by atoms with Gasteiger partial charge in [-0.2, -0.15) is 0 Å². The van der Waals surface area contributed by atoms with Crippen LogP contribution in [0.3, 0.4) is 0 Å². The summed E-state index contributed by atoms with van der Waals surface area (Å²) < 4.78 is 0. The molecule has 0 aliphatic heterocycles. The second kappa shape index (κ2) is 6.03. The molecule has 0 atom stereocenters. The lowest BCUT2D eigenvalue weighted by Gasteiger charge is -2.25. The molecule has 0 aromatic heterocycles. The standard InChI is InChI=1S/C13H17NO2.ClH/c15-12(16)13(8-4-5-9-13)14-10-11-6-2-1-3-7-11;/h1-3,6-7,14H,4-5,8-10H2,(H,15,16);1H. The van der Waals surface area contributed by atoms with Crippen LogP contribution in [0.15, 0.2) is 30.3 Å². The van der Waals surface area contributed by atoms with Gasteiger partial charge in [-0.15, -0.1) is 12.4 Å². The fourth-order valence-corrected chi connectivity index (χ4v) is 2.31. The number of halogens is 1. The van der Waals surface area contributed by atoms with Crippen LogP contribution in [0, 0.1) is 0 Å². The maximum atomic E-state index is 11.3. The molecule has 17 heavy (non-hydrogen) atoms. The summed E-state index contributed by atoms with van der Waals surface area (Å²) in [7, 11) is 0. The zero-order chi connectivity index (χ0) is 11.4. The van der Waals surface area contributed by atoms with E-state index in [1.807, 2.05) is 30.3 Å². The van der Waals surface area contributed by atoms with Crippen LogP contribution in [0.25, 0.3) is 0 Å². The first-order valence-electron chi connectivity index (χ1n) is 5.75. The van der Waals surface area contributed by atoms with Crippen molar-refractivity contribution in [3.05, 3.63) is 35.9 Å². The average molecular weight is 256 g/mol. The summed E-state index contributed by atoms with van der Waals surface area (Å²) in [5, 5.41) is 12.5. The molecule has 1 aliphatic rings. The third kappa shape index (κ3) is 3.20. The van der Waals surface area contributed by atoms with E-state index in [1.165, 1.54) is 0 Å². The van der Waals surface area contributed by atoms with Gasteiger partial charge in [0.1, 0.15) is 5.54 Å². The molecule has 1 fully saturated rings. The normalized spacial score (nSPS) is 17.4. The number of rotatable bonds is 4. The van der Waals surface area contributed by atoms with Crippen molar-refractivity contribution in [2.45, 2.75) is 37.8 Å². The first kappa shape index (κ1) is 14.0. The van der Waals surface area contributed by atoms with Crippen LogP contribution < -0.4 is 5.32 Å².